The molecule has 0 aromatic rings. The lowest BCUT2D eigenvalue weighted by Gasteiger charge is -2.32. The number of carbonyl (C=O) groups is 1. The molecular formula is C19H26N4O3S. The molecule has 2 aliphatic carbocycles. The highest BCUT2D eigenvalue weighted by atomic mass is 32.3. The Hall–Kier alpha value is -1.97. The van der Waals surface area contributed by atoms with Gasteiger partial charge in [0, 0.05) is 13.0 Å². The molecule has 0 unspecified atom stereocenters. The van der Waals surface area contributed by atoms with Crippen LogP contribution in [0.25, 0.3) is 0 Å². The van der Waals surface area contributed by atoms with Crippen LogP contribution in [0, 0.1) is 0 Å². The molecule has 0 heterocycles. The average Bonchev–Trinajstić information content (AvgIpc) is 2.59. The Morgan fingerprint density at radius 2 is 1.70 bits per heavy atom. The first-order chi connectivity index (χ1) is 12.6. The molecular weight excluding hydrogens is 364 g/mol. The lowest BCUT2D eigenvalue weighted by Crippen LogP contribution is -2.40. The van der Waals surface area contributed by atoms with Crippen molar-refractivity contribution in [2.45, 2.75) is 13.3 Å². The van der Waals surface area contributed by atoms with Gasteiger partial charge in [0.1, 0.15) is 10.6 Å². The van der Waals surface area contributed by atoms with Crippen LogP contribution < -0.4 is 4.72 Å². The summed E-state index contributed by atoms with van der Waals surface area (Å²) in [6.07, 6.45) is 11.6. The maximum Gasteiger partial charge on any atom is 0.206 e. The molecule has 0 aromatic heterocycles. The standard InChI is InChI=1S/C19H26N4O3S/c1-15-6-11-19(24)18(14-15)22-21-16-7-9-17(10-8-16)27(25,26)20-12-5-13-23(2,3)4/h6-11,14H,5,12-13H2,1-4H3,(H-2,20,21,24,25,26). The molecule has 146 valence electrons. The third-order valence-electron chi connectivity index (χ3n) is 3.83. The minimum Gasteiger partial charge on any atom is -0.634 e. The molecule has 0 fully saturated rings. The number of ketones is 1. The second-order valence-corrected chi connectivity index (χ2v) is 9.20. The maximum atomic E-state index is 12.3. The molecule has 0 radical (unpaired) electrons. The molecule has 1 N–H and O–H groups in total. The number of hydrogen-bond donors (Lipinski definition) is 1. The summed E-state index contributed by atoms with van der Waals surface area (Å²) in [6.45, 7) is 3.13. The van der Waals surface area contributed by atoms with E-state index in [0.717, 1.165) is 23.0 Å². The van der Waals surface area contributed by atoms with Crippen LogP contribution >= 0.6 is 0 Å². The maximum absolute atomic E-state index is 12.3. The summed E-state index contributed by atoms with van der Waals surface area (Å²) in [7, 11) is 2.64. The molecule has 0 atom stereocenters. The van der Waals surface area contributed by atoms with Gasteiger partial charge in [-0.05, 0) is 49.0 Å². The summed E-state index contributed by atoms with van der Waals surface area (Å²) >= 11 is 0. The van der Waals surface area contributed by atoms with Crippen molar-refractivity contribution in [1.29, 1.82) is 0 Å². The molecule has 2 aliphatic rings. The largest absolute Gasteiger partial charge is 0.634 e. The van der Waals surface area contributed by atoms with Gasteiger partial charge in [-0.25, -0.2) is 0 Å². The van der Waals surface area contributed by atoms with Gasteiger partial charge in [0.25, 0.3) is 0 Å². The number of nitrogens with zero attached hydrogens (tertiary/aromatic N) is 3. The normalized spacial score (nSPS) is 19.1. The topological polar surface area (TPSA) is 99.9 Å². The van der Waals surface area contributed by atoms with Gasteiger partial charge in [-0.3, -0.25) is 4.79 Å². The van der Waals surface area contributed by atoms with Crippen molar-refractivity contribution in [3.8, 4) is 0 Å². The van der Waals surface area contributed by atoms with E-state index in [4.69, 9.17) is 0 Å². The molecule has 0 aromatic carbocycles. The summed E-state index contributed by atoms with van der Waals surface area (Å²) in [4.78, 5) is 11.9. The number of carbonyl (C=O) groups excluding carboxylic acids is 1. The first kappa shape index (κ1) is 21.3. The lowest BCUT2D eigenvalue weighted by molar-refractivity contribution is -0.870. The second-order valence-electron chi connectivity index (χ2n) is 7.43. The minimum absolute atomic E-state index is 0.173. The number of hydrogen-bond acceptors (Lipinski definition) is 6. The highest BCUT2D eigenvalue weighted by molar-refractivity contribution is 8.02. The van der Waals surface area contributed by atoms with E-state index >= 15 is 0 Å². The van der Waals surface area contributed by atoms with Gasteiger partial charge in [0.05, 0.1) is 33.4 Å². The highest BCUT2D eigenvalue weighted by Crippen LogP contribution is 2.07. The van der Waals surface area contributed by atoms with Gasteiger partial charge in [-0.2, -0.15) is 9.82 Å². The minimum atomic E-state index is -3.55. The Balaban J connectivity index is 2.02. The van der Waals surface area contributed by atoms with E-state index in [-0.39, 0.29) is 16.4 Å². The fourth-order valence-electron chi connectivity index (χ4n) is 2.35. The van der Waals surface area contributed by atoms with Crippen LogP contribution in [0.1, 0.15) is 13.3 Å². The van der Waals surface area contributed by atoms with Crippen molar-refractivity contribution in [2.24, 2.45) is 10.2 Å². The van der Waals surface area contributed by atoms with Crippen LogP contribution in [0.4, 0.5) is 0 Å². The average molecular weight is 391 g/mol. The first-order valence-corrected chi connectivity index (χ1v) is 10.1. The summed E-state index contributed by atoms with van der Waals surface area (Å²) < 4.78 is 28.0. The molecule has 0 amide bonds. The number of nitrogens with one attached hydrogen (secondary N) is 1. The van der Waals surface area contributed by atoms with E-state index < -0.39 is 10.4 Å². The van der Waals surface area contributed by atoms with E-state index in [1.165, 1.54) is 18.2 Å². The van der Waals surface area contributed by atoms with Crippen LogP contribution in [-0.4, -0.2) is 69.9 Å². The molecule has 0 spiro atoms. The van der Waals surface area contributed by atoms with E-state index in [1.54, 1.807) is 24.3 Å². The fourth-order valence-corrected chi connectivity index (χ4v) is 3.43. The van der Waals surface area contributed by atoms with Crippen LogP contribution in [-0.2, 0) is 15.2 Å². The molecule has 0 bridgehead atoms. The van der Waals surface area contributed by atoms with E-state index in [0.29, 0.717) is 12.3 Å². The third kappa shape index (κ3) is 6.93. The lowest BCUT2D eigenvalue weighted by atomic mass is 10.1. The molecule has 2 rings (SSSR count). The first-order valence-electron chi connectivity index (χ1n) is 8.66. The Morgan fingerprint density at radius 1 is 1.04 bits per heavy atom. The number of rotatable bonds is 6. The van der Waals surface area contributed by atoms with E-state index in [2.05, 4.69) is 36.1 Å². The molecule has 7 nitrogen and oxygen atoms in total. The predicted octanol–water partition coefficient (Wildman–Crippen LogP) is 1.18. The van der Waals surface area contributed by atoms with E-state index in [1.807, 2.05) is 6.92 Å². The van der Waals surface area contributed by atoms with Crippen LogP contribution in [0.3, 0.4) is 0 Å². The predicted molar refractivity (Wildman–Crippen MR) is 110 cm³/mol. The smallest absolute Gasteiger partial charge is 0.206 e. The van der Waals surface area contributed by atoms with Gasteiger partial charge >= 0.3 is 0 Å². The zero-order chi connectivity index (χ0) is 20.1. The van der Waals surface area contributed by atoms with Crippen molar-refractivity contribution >= 4 is 32.4 Å². The fraction of sp³-hybridized carbons (Fsp3) is 0.368. The Bertz CT molecular complexity index is 816. The van der Waals surface area contributed by atoms with Crippen molar-refractivity contribution in [2.75, 3.05) is 34.2 Å². The van der Waals surface area contributed by atoms with Crippen LogP contribution in [0.15, 0.2) is 58.3 Å². The van der Waals surface area contributed by atoms with Crippen molar-refractivity contribution in [3.05, 3.63) is 48.1 Å². The summed E-state index contributed by atoms with van der Waals surface area (Å²) in [5, 5.41) is 7.97. The van der Waals surface area contributed by atoms with Gasteiger partial charge < -0.3 is 13.6 Å². The molecule has 0 aliphatic heterocycles. The highest BCUT2D eigenvalue weighted by Gasteiger charge is 2.12. The van der Waals surface area contributed by atoms with E-state index in [9.17, 15) is 13.9 Å². The van der Waals surface area contributed by atoms with Crippen molar-refractivity contribution in [1.82, 2.24) is 4.72 Å². The molecule has 0 saturated carbocycles. The zero-order valence-electron chi connectivity index (χ0n) is 16.1. The summed E-state index contributed by atoms with van der Waals surface area (Å²) in [5.74, 6) is -0.207. The summed E-state index contributed by atoms with van der Waals surface area (Å²) in [5.41, 5.74) is 1.65. The third-order valence-corrected chi connectivity index (χ3v) is 5.31. The number of quaternary nitrogens is 1. The van der Waals surface area contributed by atoms with Crippen LogP contribution in [0.2, 0.25) is 0 Å². The monoisotopic (exact) mass is 390 g/mol. The Morgan fingerprint density at radius 3 is 2.33 bits per heavy atom. The Kier molecular flexibility index (Phi) is 6.96. The van der Waals surface area contributed by atoms with Crippen molar-refractivity contribution in [3.63, 3.8) is 0 Å². The van der Waals surface area contributed by atoms with Crippen molar-refractivity contribution < 1.29 is 18.4 Å². The van der Waals surface area contributed by atoms with Gasteiger partial charge in [-0.15, -0.1) is 15.5 Å². The van der Waals surface area contributed by atoms with Gasteiger partial charge in [-0.1, -0.05) is 6.08 Å². The molecule has 8 heteroatoms. The second kappa shape index (κ2) is 8.81. The quantitative estimate of drug-likeness (QED) is 0.184. The van der Waals surface area contributed by atoms with Gasteiger partial charge in [0.15, 0.2) is 0 Å². The zero-order valence-corrected chi connectivity index (χ0v) is 17.0. The van der Waals surface area contributed by atoms with Gasteiger partial charge in [0.2, 0.25) is 5.78 Å². The molecule has 0 saturated heterocycles. The van der Waals surface area contributed by atoms with Crippen LogP contribution in [0.5, 0.6) is 0 Å². The SMILES string of the molecule is CC1=CC(=NN=C2C=CC(=[S+]([O-])([O-])NCCC[N+](C)(C)C)C=C2)C(=O)C=C1. The number of allylic oxidation sites excluding steroid dienone is 8. The summed E-state index contributed by atoms with van der Waals surface area (Å²) in [6, 6.07) is 0. The Labute approximate surface area is 161 Å². The molecule has 27 heavy (non-hydrogen) atoms.